The molecule has 0 amide bonds. The molecule has 0 saturated heterocycles. The molecular weight excluding hydrogens is 452 g/mol. The fourth-order valence-corrected chi connectivity index (χ4v) is 9.77. The van der Waals surface area contributed by atoms with E-state index >= 15 is 0 Å². The predicted molar refractivity (Wildman–Crippen MR) is 159 cm³/mol. The maximum atomic E-state index is 11.1. The molecular formula is C34H60N2O. The number of aliphatic hydroxyl groups is 1. The monoisotopic (exact) mass is 512 g/mol. The lowest BCUT2D eigenvalue weighted by atomic mass is 9.47. The molecule has 3 fully saturated rings. The Balaban J connectivity index is 1.44. The molecule has 0 heterocycles. The van der Waals surface area contributed by atoms with Crippen LogP contribution in [-0.2, 0) is 0 Å². The Morgan fingerprint density at radius 3 is 2.41 bits per heavy atom. The van der Waals surface area contributed by atoms with Crippen molar-refractivity contribution in [2.45, 2.75) is 111 Å². The lowest BCUT2D eigenvalue weighted by molar-refractivity contribution is -0.0822. The van der Waals surface area contributed by atoms with Gasteiger partial charge in [0.2, 0.25) is 0 Å². The minimum absolute atomic E-state index is 0.179. The second kappa shape index (κ2) is 11.5. The van der Waals surface area contributed by atoms with E-state index < -0.39 is 0 Å². The first-order chi connectivity index (χ1) is 17.4. The fraction of sp³-hybridized carbons (Fsp3) is 0.882. The Morgan fingerprint density at radius 1 is 1.05 bits per heavy atom. The molecule has 3 nitrogen and oxygen atoms in total. The Bertz CT molecular complexity index is 843. The number of hydrogen-bond acceptors (Lipinski definition) is 3. The van der Waals surface area contributed by atoms with Gasteiger partial charge in [0.25, 0.3) is 0 Å². The molecule has 3 heteroatoms. The van der Waals surface area contributed by atoms with Gasteiger partial charge in [0.05, 0.1) is 6.10 Å². The van der Waals surface area contributed by atoms with E-state index in [2.05, 4.69) is 84.8 Å². The van der Waals surface area contributed by atoms with Gasteiger partial charge in [0.1, 0.15) is 0 Å². The summed E-state index contributed by atoms with van der Waals surface area (Å²) in [6.45, 7) is 13.7. The molecule has 3 saturated carbocycles. The van der Waals surface area contributed by atoms with Gasteiger partial charge >= 0.3 is 0 Å². The molecule has 4 rings (SSSR count). The van der Waals surface area contributed by atoms with Gasteiger partial charge in [-0.2, -0.15) is 0 Å². The van der Waals surface area contributed by atoms with Crippen molar-refractivity contribution in [3.8, 4) is 0 Å². The van der Waals surface area contributed by atoms with Crippen molar-refractivity contribution in [2.75, 3.05) is 34.7 Å². The van der Waals surface area contributed by atoms with E-state index in [0.29, 0.717) is 23.3 Å². The molecule has 0 bridgehead atoms. The van der Waals surface area contributed by atoms with Crippen molar-refractivity contribution in [3.05, 3.63) is 23.3 Å². The highest BCUT2D eigenvalue weighted by Gasteiger charge is 2.59. The first kappa shape index (κ1) is 29.3. The van der Waals surface area contributed by atoms with Crippen LogP contribution in [0.15, 0.2) is 23.3 Å². The summed E-state index contributed by atoms with van der Waals surface area (Å²) in [5, 5.41) is 11.1. The molecule has 0 spiro atoms. The molecule has 0 aromatic rings. The van der Waals surface area contributed by atoms with Crippen molar-refractivity contribution >= 4 is 0 Å². The Morgan fingerprint density at radius 2 is 1.76 bits per heavy atom. The lowest BCUT2D eigenvalue weighted by Crippen LogP contribution is -2.56. The molecule has 9 atom stereocenters. The first-order valence-corrected chi connectivity index (χ1v) is 15.8. The minimum atomic E-state index is -0.179. The zero-order chi connectivity index (χ0) is 27.1. The Hall–Kier alpha value is -0.640. The van der Waals surface area contributed by atoms with Gasteiger partial charge < -0.3 is 14.9 Å². The Kier molecular flexibility index (Phi) is 9.09. The third kappa shape index (κ3) is 5.66. The normalized spacial score (nSPS) is 41.0. The van der Waals surface area contributed by atoms with Gasteiger partial charge in [-0.1, -0.05) is 57.9 Å². The predicted octanol–water partition coefficient (Wildman–Crippen LogP) is 7.42. The SMILES string of the molecule is CC(C)/C(=C/CC[C@@H](C)[C@H]1CC[C@H]2C3=CC[C@H]4C[C@H](N(C)C)[C@@H](O)C[C@]4(C)[C@H]3CC[C@]12C)CCN(C)C. The first-order valence-electron chi connectivity index (χ1n) is 15.8. The molecule has 4 aliphatic rings. The summed E-state index contributed by atoms with van der Waals surface area (Å²) in [7, 11) is 8.67. The summed E-state index contributed by atoms with van der Waals surface area (Å²) in [6.07, 6.45) is 17.9. The highest BCUT2D eigenvalue weighted by atomic mass is 16.3. The van der Waals surface area contributed by atoms with Crippen LogP contribution in [0.3, 0.4) is 0 Å². The summed E-state index contributed by atoms with van der Waals surface area (Å²) in [6, 6.07) is 0.326. The van der Waals surface area contributed by atoms with E-state index in [1.54, 1.807) is 5.57 Å². The van der Waals surface area contributed by atoms with Gasteiger partial charge in [-0.15, -0.1) is 0 Å². The highest BCUT2D eigenvalue weighted by Crippen LogP contribution is 2.67. The van der Waals surface area contributed by atoms with Crippen LogP contribution in [0.2, 0.25) is 0 Å². The van der Waals surface area contributed by atoms with Crippen molar-refractivity contribution in [2.24, 2.45) is 46.3 Å². The molecule has 0 aromatic heterocycles. The second-order valence-electron chi connectivity index (χ2n) is 15.1. The van der Waals surface area contributed by atoms with E-state index in [4.69, 9.17) is 0 Å². The number of hydrogen-bond donors (Lipinski definition) is 1. The largest absolute Gasteiger partial charge is 0.391 e. The van der Waals surface area contributed by atoms with Crippen molar-refractivity contribution in [1.29, 1.82) is 0 Å². The van der Waals surface area contributed by atoms with Crippen molar-refractivity contribution in [1.82, 2.24) is 9.80 Å². The topological polar surface area (TPSA) is 26.7 Å². The molecule has 0 unspecified atom stereocenters. The van der Waals surface area contributed by atoms with Crippen molar-refractivity contribution in [3.63, 3.8) is 0 Å². The quantitative estimate of drug-likeness (QED) is 0.326. The molecule has 212 valence electrons. The lowest BCUT2D eigenvalue weighted by Gasteiger charge is -2.59. The molecule has 1 N–H and O–H groups in total. The summed E-state index contributed by atoms with van der Waals surface area (Å²) in [5.41, 5.74) is 4.23. The van der Waals surface area contributed by atoms with Crippen LogP contribution in [0.5, 0.6) is 0 Å². The van der Waals surface area contributed by atoms with Crippen LogP contribution >= 0.6 is 0 Å². The zero-order valence-electron chi connectivity index (χ0n) is 25.9. The van der Waals surface area contributed by atoms with Crippen LogP contribution in [0.25, 0.3) is 0 Å². The zero-order valence-corrected chi connectivity index (χ0v) is 25.9. The average molecular weight is 513 g/mol. The summed E-state index contributed by atoms with van der Waals surface area (Å²) in [4.78, 5) is 4.58. The van der Waals surface area contributed by atoms with Gasteiger partial charge in [0, 0.05) is 12.6 Å². The minimum Gasteiger partial charge on any atom is -0.391 e. The van der Waals surface area contributed by atoms with E-state index in [1.165, 1.54) is 51.4 Å². The molecule has 37 heavy (non-hydrogen) atoms. The van der Waals surface area contributed by atoms with Gasteiger partial charge in [-0.3, -0.25) is 0 Å². The number of likely N-dealkylation sites (N-methyl/N-ethyl adjacent to an activating group) is 1. The maximum Gasteiger partial charge on any atom is 0.0700 e. The molecule has 0 aromatic carbocycles. The number of nitrogens with zero attached hydrogens (tertiary/aromatic N) is 2. The smallest absolute Gasteiger partial charge is 0.0700 e. The van der Waals surface area contributed by atoms with Crippen LogP contribution in [-0.4, -0.2) is 61.8 Å². The summed E-state index contributed by atoms with van der Waals surface area (Å²) in [5.74, 6) is 4.53. The summed E-state index contributed by atoms with van der Waals surface area (Å²) >= 11 is 0. The maximum absolute atomic E-state index is 11.1. The third-order valence-corrected chi connectivity index (χ3v) is 12.1. The van der Waals surface area contributed by atoms with Crippen LogP contribution in [0.1, 0.15) is 98.8 Å². The molecule has 4 aliphatic carbocycles. The fourth-order valence-electron chi connectivity index (χ4n) is 9.77. The number of aliphatic hydroxyl groups excluding tert-OH is 1. The third-order valence-electron chi connectivity index (χ3n) is 12.1. The number of fused-ring (bicyclic) bond motifs is 5. The Labute approximate surface area is 230 Å². The van der Waals surface area contributed by atoms with E-state index in [-0.39, 0.29) is 11.5 Å². The molecule has 0 radical (unpaired) electrons. The standard InChI is InChI=1S/C34H60N2O/c1-23(2)25(18-20-35(6)7)12-10-11-24(3)28-15-16-29-27-14-13-26-21-31(36(8)9)32(37)22-34(26,5)30(27)17-19-33(28,29)4/h12,14,23-24,26,28-32,37H,10-11,13,15-22H2,1-9H3/b25-12+/t24-,26+,28-,29+,30+,31+,32+,33-,34+/m1/s1. The van der Waals surface area contributed by atoms with Crippen LogP contribution in [0.4, 0.5) is 0 Å². The van der Waals surface area contributed by atoms with Gasteiger partial charge in [-0.05, 0) is 139 Å². The number of allylic oxidation sites excluding steroid dienone is 3. The summed E-state index contributed by atoms with van der Waals surface area (Å²) < 4.78 is 0. The van der Waals surface area contributed by atoms with Crippen LogP contribution in [0, 0.1) is 46.3 Å². The van der Waals surface area contributed by atoms with E-state index in [1.807, 2.05) is 5.57 Å². The van der Waals surface area contributed by atoms with Gasteiger partial charge in [0.15, 0.2) is 0 Å². The van der Waals surface area contributed by atoms with E-state index in [0.717, 1.165) is 43.1 Å². The van der Waals surface area contributed by atoms with Gasteiger partial charge in [-0.25, -0.2) is 0 Å². The average Bonchev–Trinajstić information content (AvgIpc) is 3.17. The van der Waals surface area contributed by atoms with Crippen LogP contribution < -0.4 is 0 Å². The number of rotatable bonds is 9. The van der Waals surface area contributed by atoms with E-state index in [9.17, 15) is 5.11 Å². The molecule has 0 aliphatic heterocycles. The second-order valence-corrected chi connectivity index (χ2v) is 15.1. The highest BCUT2D eigenvalue weighted by molar-refractivity contribution is 5.28. The van der Waals surface area contributed by atoms with Crippen molar-refractivity contribution < 1.29 is 5.11 Å².